The number of rotatable bonds is 4. The molecule has 0 atom stereocenters. The van der Waals surface area contributed by atoms with E-state index in [0.717, 1.165) is 6.08 Å². The Labute approximate surface area is 100 Å². The molecule has 0 saturated carbocycles. The van der Waals surface area contributed by atoms with E-state index in [2.05, 4.69) is 0 Å². The van der Waals surface area contributed by atoms with Crippen LogP contribution in [0.5, 0.6) is 0 Å². The zero-order valence-electron chi connectivity index (χ0n) is 8.47. The lowest BCUT2D eigenvalue weighted by Gasteiger charge is -2.01. The predicted molar refractivity (Wildman–Crippen MR) is 64.0 cm³/mol. The van der Waals surface area contributed by atoms with Crippen LogP contribution in [0.3, 0.4) is 0 Å². The van der Waals surface area contributed by atoms with Crippen molar-refractivity contribution in [3.8, 4) is 0 Å². The van der Waals surface area contributed by atoms with Gasteiger partial charge in [-0.2, -0.15) is 0 Å². The van der Waals surface area contributed by atoms with Crippen molar-refractivity contribution in [1.29, 1.82) is 0 Å². The molecule has 0 aromatic heterocycles. The van der Waals surface area contributed by atoms with E-state index < -0.39 is 21.4 Å². The largest absolute Gasteiger partial charge is 0.327 e. The van der Waals surface area contributed by atoms with Crippen molar-refractivity contribution < 1.29 is 12.8 Å². The Morgan fingerprint density at radius 1 is 1.31 bits per heavy atom. The van der Waals surface area contributed by atoms with Crippen molar-refractivity contribution in [1.82, 2.24) is 0 Å². The lowest BCUT2D eigenvalue weighted by atomic mass is 10.4. The molecule has 0 amide bonds. The summed E-state index contributed by atoms with van der Waals surface area (Å²) in [4.78, 5) is 0.116. The average Bonchev–Trinajstić information content (AvgIpc) is 2.18. The number of hydrogen-bond donors (Lipinski definition) is 1. The molecule has 16 heavy (non-hydrogen) atoms. The van der Waals surface area contributed by atoms with Crippen molar-refractivity contribution in [3.63, 3.8) is 0 Å². The third-order valence-electron chi connectivity index (χ3n) is 1.77. The van der Waals surface area contributed by atoms with Crippen LogP contribution in [0.2, 0.25) is 0 Å². The lowest BCUT2D eigenvalue weighted by Crippen LogP contribution is -2.08. The Morgan fingerprint density at radius 2 is 1.88 bits per heavy atom. The van der Waals surface area contributed by atoms with Crippen LogP contribution in [-0.2, 0) is 9.84 Å². The summed E-state index contributed by atoms with van der Waals surface area (Å²) in [6.07, 6.45) is 1.06. The number of hydrogen-bond acceptors (Lipinski definition) is 3. The van der Waals surface area contributed by atoms with Gasteiger partial charge in [0.2, 0.25) is 0 Å². The van der Waals surface area contributed by atoms with Gasteiger partial charge in [0.25, 0.3) is 0 Å². The molecule has 0 heterocycles. The minimum absolute atomic E-state index is 0. The molecule has 0 aliphatic rings. The van der Waals surface area contributed by atoms with Gasteiger partial charge in [-0.15, -0.1) is 12.4 Å². The standard InChI is InChI=1S/C10H12FNO2S.ClH/c11-9(6-7-12)8-15(13,14)10-4-2-1-3-5-10;/h1-6H,7-8,12H2;1H. The summed E-state index contributed by atoms with van der Waals surface area (Å²) in [5.74, 6) is -1.35. The van der Waals surface area contributed by atoms with Crippen LogP contribution in [0.1, 0.15) is 0 Å². The minimum Gasteiger partial charge on any atom is -0.327 e. The molecule has 0 aliphatic carbocycles. The van der Waals surface area contributed by atoms with Gasteiger partial charge in [0, 0.05) is 6.54 Å². The van der Waals surface area contributed by atoms with E-state index in [1.807, 2.05) is 0 Å². The number of nitrogens with two attached hydrogens (primary N) is 1. The highest BCUT2D eigenvalue weighted by Gasteiger charge is 2.15. The maximum Gasteiger partial charge on any atom is 0.184 e. The van der Waals surface area contributed by atoms with E-state index in [1.165, 1.54) is 12.1 Å². The number of sulfone groups is 1. The Kier molecular flexibility index (Phi) is 6.25. The highest BCUT2D eigenvalue weighted by atomic mass is 35.5. The molecule has 3 nitrogen and oxygen atoms in total. The topological polar surface area (TPSA) is 60.2 Å². The summed E-state index contributed by atoms with van der Waals surface area (Å²) in [7, 11) is -3.58. The lowest BCUT2D eigenvalue weighted by molar-refractivity contribution is 0.583. The monoisotopic (exact) mass is 265 g/mol. The SMILES string of the molecule is Cl.NCC=C(F)CS(=O)(=O)c1ccccc1. The molecule has 0 saturated heterocycles. The van der Waals surface area contributed by atoms with Crippen molar-refractivity contribution >= 4 is 22.2 Å². The van der Waals surface area contributed by atoms with Gasteiger partial charge in [-0.05, 0) is 18.2 Å². The summed E-state index contributed by atoms with van der Waals surface area (Å²) in [5.41, 5.74) is 5.08. The van der Waals surface area contributed by atoms with Crippen molar-refractivity contribution in [3.05, 3.63) is 42.2 Å². The first-order valence-electron chi connectivity index (χ1n) is 4.38. The van der Waals surface area contributed by atoms with Gasteiger partial charge in [-0.25, -0.2) is 12.8 Å². The third kappa shape index (κ3) is 4.30. The second kappa shape index (κ2) is 6.62. The molecule has 1 aromatic carbocycles. The first-order chi connectivity index (χ1) is 7.06. The Morgan fingerprint density at radius 3 is 2.38 bits per heavy atom. The van der Waals surface area contributed by atoms with Crippen LogP contribution >= 0.6 is 12.4 Å². The van der Waals surface area contributed by atoms with Crippen molar-refractivity contribution in [2.75, 3.05) is 12.3 Å². The molecule has 90 valence electrons. The molecular formula is C10H13ClFNO2S. The molecule has 0 unspecified atom stereocenters. The van der Waals surface area contributed by atoms with Gasteiger partial charge < -0.3 is 5.73 Å². The van der Waals surface area contributed by atoms with Crippen LogP contribution in [0, 0.1) is 0 Å². The molecule has 0 bridgehead atoms. The quantitative estimate of drug-likeness (QED) is 0.901. The molecule has 1 aromatic rings. The summed E-state index contributed by atoms with van der Waals surface area (Å²) in [6, 6.07) is 7.76. The van der Waals surface area contributed by atoms with Gasteiger partial charge in [-0.3, -0.25) is 0 Å². The predicted octanol–water partition coefficient (Wildman–Crippen LogP) is 1.69. The zero-order valence-corrected chi connectivity index (χ0v) is 10.1. The van der Waals surface area contributed by atoms with Gasteiger partial charge in [0.1, 0.15) is 11.6 Å². The summed E-state index contributed by atoms with van der Waals surface area (Å²) < 4.78 is 36.2. The Hall–Kier alpha value is -0.910. The molecule has 6 heteroatoms. The minimum atomic E-state index is -3.58. The zero-order chi connectivity index (χ0) is 11.3. The van der Waals surface area contributed by atoms with Crippen LogP contribution in [-0.4, -0.2) is 20.7 Å². The van der Waals surface area contributed by atoms with Gasteiger partial charge >= 0.3 is 0 Å². The maximum absolute atomic E-state index is 13.0. The average molecular weight is 266 g/mol. The number of benzene rings is 1. The van der Waals surface area contributed by atoms with E-state index >= 15 is 0 Å². The fraction of sp³-hybridized carbons (Fsp3) is 0.200. The van der Waals surface area contributed by atoms with E-state index in [-0.39, 0.29) is 23.8 Å². The Balaban J connectivity index is 0.00000225. The summed E-state index contributed by atoms with van der Waals surface area (Å²) >= 11 is 0. The summed E-state index contributed by atoms with van der Waals surface area (Å²) in [5, 5.41) is 0. The maximum atomic E-state index is 13.0. The fourth-order valence-electron chi connectivity index (χ4n) is 1.08. The second-order valence-electron chi connectivity index (χ2n) is 2.96. The summed E-state index contributed by atoms with van der Waals surface area (Å²) in [6.45, 7) is -0.00383. The van der Waals surface area contributed by atoms with Crippen LogP contribution in [0.4, 0.5) is 4.39 Å². The van der Waals surface area contributed by atoms with E-state index in [0.29, 0.717) is 0 Å². The van der Waals surface area contributed by atoms with Crippen LogP contribution < -0.4 is 5.73 Å². The smallest absolute Gasteiger partial charge is 0.184 e. The second-order valence-corrected chi connectivity index (χ2v) is 4.95. The molecule has 1 rings (SSSR count). The molecule has 0 fully saturated rings. The normalized spacial score (nSPS) is 12.0. The first-order valence-corrected chi connectivity index (χ1v) is 6.04. The van der Waals surface area contributed by atoms with Gasteiger partial charge in [0.15, 0.2) is 9.84 Å². The Bertz CT molecular complexity index is 445. The van der Waals surface area contributed by atoms with Crippen molar-refractivity contribution in [2.45, 2.75) is 4.90 Å². The van der Waals surface area contributed by atoms with Crippen LogP contribution in [0.15, 0.2) is 47.1 Å². The molecule has 2 N–H and O–H groups in total. The van der Waals surface area contributed by atoms with E-state index in [9.17, 15) is 12.8 Å². The fourth-order valence-corrected chi connectivity index (χ4v) is 2.30. The molecular weight excluding hydrogens is 253 g/mol. The molecule has 0 aliphatic heterocycles. The first kappa shape index (κ1) is 15.1. The van der Waals surface area contributed by atoms with Gasteiger partial charge in [0.05, 0.1) is 4.90 Å². The van der Waals surface area contributed by atoms with Crippen molar-refractivity contribution in [2.24, 2.45) is 5.73 Å². The van der Waals surface area contributed by atoms with E-state index in [1.54, 1.807) is 18.2 Å². The highest BCUT2D eigenvalue weighted by Crippen LogP contribution is 2.13. The van der Waals surface area contributed by atoms with Crippen LogP contribution in [0.25, 0.3) is 0 Å². The van der Waals surface area contributed by atoms with Gasteiger partial charge in [-0.1, -0.05) is 18.2 Å². The molecule has 0 spiro atoms. The molecule has 0 radical (unpaired) electrons. The van der Waals surface area contributed by atoms with E-state index in [4.69, 9.17) is 5.73 Å². The number of halogens is 2. The highest BCUT2D eigenvalue weighted by molar-refractivity contribution is 7.91. The third-order valence-corrected chi connectivity index (χ3v) is 3.42.